The van der Waals surface area contributed by atoms with E-state index < -0.39 is 0 Å². The Morgan fingerprint density at radius 1 is 0.762 bits per heavy atom. The summed E-state index contributed by atoms with van der Waals surface area (Å²) in [5.74, 6) is 0.780. The molecule has 21 heavy (non-hydrogen) atoms. The van der Waals surface area contributed by atoms with E-state index in [-0.39, 0.29) is 0 Å². The smallest absolute Gasteiger partial charge is 0.115 e. The van der Waals surface area contributed by atoms with Gasteiger partial charge in [-0.2, -0.15) is 0 Å². The van der Waals surface area contributed by atoms with Gasteiger partial charge in [0.2, 0.25) is 0 Å². The van der Waals surface area contributed by atoms with E-state index in [1.54, 1.807) is 12.1 Å². The zero-order valence-electron chi connectivity index (χ0n) is 13.0. The molecule has 1 atom stereocenters. The molecule has 1 unspecified atom stereocenters. The molecule has 1 heteroatoms. The number of benzene rings is 2. The fourth-order valence-electron chi connectivity index (χ4n) is 2.87. The third kappa shape index (κ3) is 4.93. The Labute approximate surface area is 128 Å². The summed E-state index contributed by atoms with van der Waals surface area (Å²) in [7, 11) is 0. The lowest BCUT2D eigenvalue weighted by atomic mass is 9.87. The van der Waals surface area contributed by atoms with E-state index in [1.165, 1.54) is 49.7 Å². The number of rotatable bonds is 8. The molecule has 0 radical (unpaired) electrons. The molecule has 0 aliphatic rings. The Morgan fingerprint density at radius 2 is 1.38 bits per heavy atom. The van der Waals surface area contributed by atoms with Gasteiger partial charge in [0.25, 0.3) is 0 Å². The zero-order chi connectivity index (χ0) is 14.9. The maximum Gasteiger partial charge on any atom is 0.115 e. The Hall–Kier alpha value is -1.76. The summed E-state index contributed by atoms with van der Waals surface area (Å²) < 4.78 is 0. The van der Waals surface area contributed by atoms with Gasteiger partial charge in [-0.1, -0.05) is 81.5 Å². The summed E-state index contributed by atoms with van der Waals surface area (Å²) in [6.45, 7) is 2.25. The Balaban J connectivity index is 2.06. The average Bonchev–Trinajstić information content (AvgIpc) is 2.53. The lowest BCUT2D eigenvalue weighted by molar-refractivity contribution is 0.474. The van der Waals surface area contributed by atoms with Crippen molar-refractivity contribution in [3.63, 3.8) is 0 Å². The highest BCUT2D eigenvalue weighted by Crippen LogP contribution is 2.31. The van der Waals surface area contributed by atoms with Gasteiger partial charge in [-0.15, -0.1) is 0 Å². The van der Waals surface area contributed by atoms with E-state index in [9.17, 15) is 5.11 Å². The van der Waals surface area contributed by atoms with Crippen LogP contribution in [0.3, 0.4) is 0 Å². The van der Waals surface area contributed by atoms with Crippen LogP contribution in [-0.4, -0.2) is 5.11 Å². The minimum atomic E-state index is 0.341. The number of phenols is 1. The average molecular weight is 282 g/mol. The quantitative estimate of drug-likeness (QED) is 0.599. The van der Waals surface area contributed by atoms with Crippen LogP contribution in [-0.2, 0) is 0 Å². The van der Waals surface area contributed by atoms with Crippen LogP contribution in [0.15, 0.2) is 54.6 Å². The molecule has 2 rings (SSSR count). The third-order valence-corrected chi connectivity index (χ3v) is 4.09. The molecule has 112 valence electrons. The van der Waals surface area contributed by atoms with Crippen molar-refractivity contribution >= 4 is 0 Å². The Bertz CT molecular complexity index is 501. The van der Waals surface area contributed by atoms with Crippen LogP contribution < -0.4 is 0 Å². The van der Waals surface area contributed by atoms with Crippen molar-refractivity contribution in [2.75, 3.05) is 0 Å². The first-order valence-corrected chi connectivity index (χ1v) is 8.15. The van der Waals surface area contributed by atoms with Crippen LogP contribution in [0, 0.1) is 0 Å². The molecule has 0 bridgehead atoms. The predicted octanol–water partition coefficient (Wildman–Crippen LogP) is 5.88. The van der Waals surface area contributed by atoms with Crippen molar-refractivity contribution < 1.29 is 5.11 Å². The van der Waals surface area contributed by atoms with Gasteiger partial charge in [0.15, 0.2) is 0 Å². The van der Waals surface area contributed by atoms with Gasteiger partial charge in [-0.25, -0.2) is 0 Å². The monoisotopic (exact) mass is 282 g/mol. The van der Waals surface area contributed by atoms with Crippen LogP contribution in [0.1, 0.15) is 62.5 Å². The fraction of sp³-hybridized carbons (Fsp3) is 0.400. The largest absolute Gasteiger partial charge is 0.508 e. The second-order valence-corrected chi connectivity index (χ2v) is 5.76. The summed E-state index contributed by atoms with van der Waals surface area (Å²) >= 11 is 0. The molecule has 0 aromatic heterocycles. The van der Waals surface area contributed by atoms with E-state index in [2.05, 4.69) is 49.4 Å². The van der Waals surface area contributed by atoms with Crippen molar-refractivity contribution in [2.24, 2.45) is 0 Å². The van der Waals surface area contributed by atoms with Gasteiger partial charge in [0, 0.05) is 5.92 Å². The van der Waals surface area contributed by atoms with Crippen LogP contribution in [0.5, 0.6) is 5.75 Å². The lowest BCUT2D eigenvalue weighted by Gasteiger charge is -2.18. The second kappa shape index (κ2) is 8.51. The van der Waals surface area contributed by atoms with E-state index >= 15 is 0 Å². The summed E-state index contributed by atoms with van der Waals surface area (Å²) in [4.78, 5) is 0. The van der Waals surface area contributed by atoms with Gasteiger partial charge in [-0.05, 0) is 29.7 Å². The minimum Gasteiger partial charge on any atom is -0.508 e. The minimum absolute atomic E-state index is 0.341. The van der Waals surface area contributed by atoms with E-state index in [1.807, 2.05) is 0 Å². The van der Waals surface area contributed by atoms with Crippen LogP contribution in [0.25, 0.3) is 0 Å². The molecular weight excluding hydrogens is 256 g/mol. The van der Waals surface area contributed by atoms with Crippen molar-refractivity contribution in [1.29, 1.82) is 0 Å². The van der Waals surface area contributed by atoms with Crippen molar-refractivity contribution in [3.8, 4) is 5.75 Å². The number of hydrogen-bond donors (Lipinski definition) is 1. The van der Waals surface area contributed by atoms with Gasteiger partial charge >= 0.3 is 0 Å². The van der Waals surface area contributed by atoms with Gasteiger partial charge in [0.1, 0.15) is 5.75 Å². The SMILES string of the molecule is CCCCCCCC(c1ccccc1)c1ccc(O)cc1. The summed E-state index contributed by atoms with van der Waals surface area (Å²) in [6.07, 6.45) is 7.73. The Kier molecular flexibility index (Phi) is 6.33. The third-order valence-electron chi connectivity index (χ3n) is 4.09. The fourth-order valence-corrected chi connectivity index (χ4v) is 2.87. The second-order valence-electron chi connectivity index (χ2n) is 5.76. The molecule has 0 spiro atoms. The summed E-state index contributed by atoms with van der Waals surface area (Å²) in [6, 6.07) is 18.4. The Morgan fingerprint density at radius 3 is 2.05 bits per heavy atom. The van der Waals surface area contributed by atoms with Crippen molar-refractivity contribution in [3.05, 3.63) is 65.7 Å². The lowest BCUT2D eigenvalue weighted by Crippen LogP contribution is -2.01. The molecule has 2 aromatic rings. The van der Waals surface area contributed by atoms with Crippen molar-refractivity contribution in [1.82, 2.24) is 0 Å². The number of phenolic OH excluding ortho intramolecular Hbond substituents is 1. The summed E-state index contributed by atoms with van der Waals surface area (Å²) in [5, 5.41) is 9.48. The highest BCUT2D eigenvalue weighted by molar-refractivity contribution is 5.35. The van der Waals surface area contributed by atoms with Gasteiger partial charge in [0.05, 0.1) is 0 Å². The molecule has 0 aliphatic carbocycles. The molecule has 0 saturated heterocycles. The highest BCUT2D eigenvalue weighted by Gasteiger charge is 2.13. The molecule has 1 nitrogen and oxygen atoms in total. The standard InChI is InChI=1S/C20H26O/c1-2-3-4-5-9-12-20(17-10-7-6-8-11-17)18-13-15-19(21)16-14-18/h6-8,10-11,13-16,20-21H,2-5,9,12H2,1H3. The van der Waals surface area contributed by atoms with E-state index in [0.717, 1.165) is 0 Å². The highest BCUT2D eigenvalue weighted by atomic mass is 16.3. The predicted molar refractivity (Wildman–Crippen MR) is 89.8 cm³/mol. The molecule has 0 aliphatic heterocycles. The molecule has 0 heterocycles. The first-order valence-electron chi connectivity index (χ1n) is 8.15. The van der Waals surface area contributed by atoms with Gasteiger partial charge < -0.3 is 5.11 Å². The number of aromatic hydroxyl groups is 1. The van der Waals surface area contributed by atoms with E-state index in [4.69, 9.17) is 0 Å². The number of hydrogen-bond acceptors (Lipinski definition) is 1. The zero-order valence-corrected chi connectivity index (χ0v) is 13.0. The van der Waals surface area contributed by atoms with E-state index in [0.29, 0.717) is 11.7 Å². The van der Waals surface area contributed by atoms with Crippen LogP contribution >= 0.6 is 0 Å². The van der Waals surface area contributed by atoms with Gasteiger partial charge in [-0.3, -0.25) is 0 Å². The first-order chi connectivity index (χ1) is 10.3. The maximum atomic E-state index is 9.48. The van der Waals surface area contributed by atoms with Crippen LogP contribution in [0.4, 0.5) is 0 Å². The summed E-state index contributed by atoms with van der Waals surface area (Å²) in [5.41, 5.74) is 2.67. The molecular formula is C20H26O. The normalized spacial score (nSPS) is 12.2. The molecule has 2 aromatic carbocycles. The molecule has 1 N–H and O–H groups in total. The first kappa shape index (κ1) is 15.6. The van der Waals surface area contributed by atoms with Crippen molar-refractivity contribution in [2.45, 2.75) is 51.4 Å². The molecule has 0 fully saturated rings. The maximum absolute atomic E-state index is 9.48. The molecule has 0 saturated carbocycles. The molecule has 0 amide bonds. The number of unbranched alkanes of at least 4 members (excludes halogenated alkanes) is 4. The van der Waals surface area contributed by atoms with Crippen LogP contribution in [0.2, 0.25) is 0 Å². The topological polar surface area (TPSA) is 20.2 Å².